The van der Waals surface area contributed by atoms with Crippen molar-refractivity contribution in [3.05, 3.63) is 11.8 Å². The van der Waals surface area contributed by atoms with Gasteiger partial charge in [-0.05, 0) is 38.8 Å². The number of hydrogen-bond acceptors (Lipinski definition) is 7. The van der Waals surface area contributed by atoms with Crippen molar-refractivity contribution >= 4 is 17.7 Å². The third kappa shape index (κ3) is 3.47. The first-order chi connectivity index (χ1) is 10.8. The monoisotopic (exact) mass is 305 g/mol. The number of piperidine rings is 1. The van der Waals surface area contributed by atoms with Crippen molar-refractivity contribution in [3.63, 3.8) is 0 Å². The summed E-state index contributed by atoms with van der Waals surface area (Å²) < 4.78 is 4.81. The van der Waals surface area contributed by atoms with E-state index in [1.165, 1.54) is 7.11 Å². The lowest BCUT2D eigenvalue weighted by molar-refractivity contribution is 0.0594. The van der Waals surface area contributed by atoms with Gasteiger partial charge in [0.05, 0.1) is 7.11 Å². The van der Waals surface area contributed by atoms with Gasteiger partial charge in [-0.25, -0.2) is 9.78 Å². The lowest BCUT2D eigenvalue weighted by Gasteiger charge is -2.25. The number of nitrogens with one attached hydrogen (secondary N) is 2. The Morgan fingerprint density at radius 3 is 2.73 bits per heavy atom. The third-order valence-electron chi connectivity index (χ3n) is 4.19. The van der Waals surface area contributed by atoms with E-state index in [9.17, 15) is 4.79 Å². The minimum atomic E-state index is -0.420. The van der Waals surface area contributed by atoms with Crippen LogP contribution >= 0.6 is 0 Å². The van der Waals surface area contributed by atoms with Crippen LogP contribution in [0, 0.1) is 0 Å². The van der Waals surface area contributed by atoms with Gasteiger partial charge in [0.15, 0.2) is 5.69 Å². The van der Waals surface area contributed by atoms with Gasteiger partial charge in [-0.1, -0.05) is 0 Å². The number of carbonyl (C=O) groups is 1. The van der Waals surface area contributed by atoms with Crippen molar-refractivity contribution in [3.8, 4) is 0 Å². The lowest BCUT2D eigenvalue weighted by Crippen LogP contribution is -2.35. The van der Waals surface area contributed by atoms with Gasteiger partial charge >= 0.3 is 5.97 Å². The van der Waals surface area contributed by atoms with Crippen molar-refractivity contribution < 1.29 is 9.53 Å². The maximum Gasteiger partial charge on any atom is 0.356 e. The fraction of sp³-hybridized carbons (Fsp3) is 0.667. The molecule has 7 nitrogen and oxygen atoms in total. The largest absolute Gasteiger partial charge is 0.464 e. The molecule has 3 heterocycles. The quantitative estimate of drug-likeness (QED) is 0.804. The van der Waals surface area contributed by atoms with E-state index in [2.05, 4.69) is 25.5 Å². The van der Waals surface area contributed by atoms with Crippen LogP contribution in [0.2, 0.25) is 0 Å². The highest BCUT2D eigenvalue weighted by atomic mass is 16.5. The van der Waals surface area contributed by atoms with Crippen LogP contribution in [0.15, 0.2) is 6.07 Å². The number of carbonyl (C=O) groups excluding carboxylic acids is 1. The normalized spacial score (nSPS) is 19.2. The first-order valence-corrected chi connectivity index (χ1v) is 7.96. The summed E-state index contributed by atoms with van der Waals surface area (Å²) >= 11 is 0. The third-order valence-corrected chi connectivity index (χ3v) is 4.19. The number of rotatable bonds is 4. The average molecular weight is 305 g/mol. The highest BCUT2D eigenvalue weighted by Gasteiger charge is 2.20. The Labute approximate surface area is 130 Å². The molecule has 0 saturated carbocycles. The number of nitrogens with zero attached hydrogens (tertiary/aromatic N) is 3. The molecule has 0 unspecified atom stereocenters. The summed E-state index contributed by atoms with van der Waals surface area (Å²) in [5.74, 6) is 0.914. The van der Waals surface area contributed by atoms with Crippen LogP contribution in [0.4, 0.5) is 11.8 Å². The molecule has 0 aromatic carbocycles. The molecule has 0 aliphatic carbocycles. The van der Waals surface area contributed by atoms with Gasteiger partial charge < -0.3 is 20.3 Å². The van der Waals surface area contributed by atoms with Crippen molar-refractivity contribution in [2.45, 2.75) is 31.7 Å². The fourth-order valence-electron chi connectivity index (χ4n) is 2.95. The zero-order valence-corrected chi connectivity index (χ0v) is 13.0. The van der Waals surface area contributed by atoms with E-state index in [1.807, 2.05) is 0 Å². The predicted octanol–water partition coefficient (Wildman–Crippen LogP) is 1.03. The molecule has 0 amide bonds. The minimum Gasteiger partial charge on any atom is -0.464 e. The van der Waals surface area contributed by atoms with Crippen LogP contribution in [0.25, 0.3) is 0 Å². The molecule has 120 valence electrons. The predicted molar refractivity (Wildman–Crippen MR) is 84.3 cm³/mol. The summed E-state index contributed by atoms with van der Waals surface area (Å²) in [5.41, 5.74) is 0.316. The Kier molecular flexibility index (Phi) is 4.72. The summed E-state index contributed by atoms with van der Waals surface area (Å²) in [6.07, 6.45) is 4.39. The molecule has 2 aliphatic rings. The average Bonchev–Trinajstić information content (AvgIpc) is 3.09. The van der Waals surface area contributed by atoms with Crippen molar-refractivity contribution in [1.29, 1.82) is 0 Å². The molecule has 2 fully saturated rings. The van der Waals surface area contributed by atoms with Crippen LogP contribution < -0.4 is 15.5 Å². The molecule has 0 spiro atoms. The number of esters is 1. The number of ether oxygens (including phenoxy) is 1. The Balaban J connectivity index is 1.83. The molecule has 0 atom stereocenters. The topological polar surface area (TPSA) is 79.4 Å². The molecule has 7 heteroatoms. The van der Waals surface area contributed by atoms with E-state index in [0.717, 1.165) is 51.9 Å². The second-order valence-corrected chi connectivity index (χ2v) is 5.79. The van der Waals surface area contributed by atoms with E-state index in [0.29, 0.717) is 23.5 Å². The van der Waals surface area contributed by atoms with Gasteiger partial charge in [-0.3, -0.25) is 0 Å². The highest BCUT2D eigenvalue weighted by molar-refractivity contribution is 5.88. The highest BCUT2D eigenvalue weighted by Crippen LogP contribution is 2.20. The first-order valence-electron chi connectivity index (χ1n) is 7.96. The molecular formula is C15H23N5O2. The van der Waals surface area contributed by atoms with Crippen LogP contribution in [0.3, 0.4) is 0 Å². The zero-order chi connectivity index (χ0) is 15.4. The summed E-state index contributed by atoms with van der Waals surface area (Å²) in [4.78, 5) is 23.0. The molecule has 1 aromatic heterocycles. The Morgan fingerprint density at radius 2 is 2.05 bits per heavy atom. The maximum absolute atomic E-state index is 11.9. The van der Waals surface area contributed by atoms with Crippen molar-refractivity contribution in [2.75, 3.05) is 43.5 Å². The molecule has 2 aliphatic heterocycles. The summed E-state index contributed by atoms with van der Waals surface area (Å²) in [7, 11) is 1.37. The smallest absolute Gasteiger partial charge is 0.356 e. The van der Waals surface area contributed by atoms with E-state index in [4.69, 9.17) is 4.74 Å². The van der Waals surface area contributed by atoms with Crippen LogP contribution in [0.1, 0.15) is 36.2 Å². The Bertz CT molecular complexity index is 525. The number of hydrogen-bond donors (Lipinski definition) is 2. The lowest BCUT2D eigenvalue weighted by atomic mass is 10.1. The van der Waals surface area contributed by atoms with Gasteiger partial charge in [0.2, 0.25) is 5.95 Å². The summed E-state index contributed by atoms with van der Waals surface area (Å²) in [5, 5.41) is 6.78. The Hall–Kier alpha value is -1.89. The van der Waals surface area contributed by atoms with Gasteiger partial charge in [0, 0.05) is 25.2 Å². The van der Waals surface area contributed by atoms with E-state index in [-0.39, 0.29) is 0 Å². The van der Waals surface area contributed by atoms with E-state index < -0.39 is 5.97 Å². The molecule has 22 heavy (non-hydrogen) atoms. The van der Waals surface area contributed by atoms with Gasteiger partial charge in [0.25, 0.3) is 0 Å². The molecule has 0 radical (unpaired) electrons. The SMILES string of the molecule is COC(=O)c1cc(NC2CCNCC2)nc(N2CCCC2)n1. The van der Waals surface area contributed by atoms with Crippen LogP contribution in [-0.2, 0) is 4.74 Å². The minimum absolute atomic E-state index is 0.316. The second kappa shape index (κ2) is 6.91. The molecule has 2 N–H and O–H groups in total. The van der Waals surface area contributed by atoms with Gasteiger partial charge in [-0.2, -0.15) is 4.98 Å². The first kappa shape index (κ1) is 15.0. The van der Waals surface area contributed by atoms with E-state index >= 15 is 0 Å². The molecule has 3 rings (SSSR count). The molecule has 1 aromatic rings. The molecular weight excluding hydrogens is 282 g/mol. The van der Waals surface area contributed by atoms with E-state index in [1.54, 1.807) is 6.07 Å². The second-order valence-electron chi connectivity index (χ2n) is 5.79. The maximum atomic E-state index is 11.9. The number of methoxy groups -OCH3 is 1. The van der Waals surface area contributed by atoms with Crippen LogP contribution in [-0.4, -0.2) is 55.3 Å². The van der Waals surface area contributed by atoms with Crippen molar-refractivity contribution in [1.82, 2.24) is 15.3 Å². The van der Waals surface area contributed by atoms with Gasteiger partial charge in [0.1, 0.15) is 5.82 Å². The number of aromatic nitrogens is 2. The van der Waals surface area contributed by atoms with Gasteiger partial charge in [-0.15, -0.1) is 0 Å². The fourth-order valence-corrected chi connectivity index (χ4v) is 2.95. The summed E-state index contributed by atoms with van der Waals surface area (Å²) in [6.45, 7) is 3.89. The van der Waals surface area contributed by atoms with Crippen molar-refractivity contribution in [2.24, 2.45) is 0 Å². The molecule has 2 saturated heterocycles. The number of anilines is 2. The molecule has 0 bridgehead atoms. The van der Waals surface area contributed by atoms with Crippen LogP contribution in [0.5, 0.6) is 0 Å². The standard InChI is InChI=1S/C15H23N5O2/c1-22-14(21)12-10-13(17-11-4-6-16-7-5-11)19-15(18-12)20-8-2-3-9-20/h10-11,16H,2-9H2,1H3,(H,17,18,19). The summed E-state index contributed by atoms with van der Waals surface area (Å²) in [6, 6.07) is 2.07. The Morgan fingerprint density at radius 1 is 1.32 bits per heavy atom. The zero-order valence-electron chi connectivity index (χ0n) is 13.0.